The third kappa shape index (κ3) is 6.00. The summed E-state index contributed by atoms with van der Waals surface area (Å²) in [6.07, 6.45) is 1.72. The van der Waals surface area contributed by atoms with Crippen LogP contribution in [0.1, 0.15) is 6.92 Å². The highest BCUT2D eigenvalue weighted by Gasteiger charge is 2.33. The number of hydrogen-bond acceptors (Lipinski definition) is 5. The van der Waals surface area contributed by atoms with Gasteiger partial charge < -0.3 is 15.8 Å². The Morgan fingerprint density at radius 1 is 1.05 bits per heavy atom. The number of anilines is 2. The van der Waals surface area contributed by atoms with Crippen molar-refractivity contribution in [3.05, 3.63) is 90.3 Å². The minimum atomic E-state index is -0.809. The number of nitrogens with zero attached hydrogens (tertiary/aromatic N) is 2. The second-order valence-electron chi connectivity index (χ2n) is 8.45. The first-order valence-corrected chi connectivity index (χ1v) is 11.4. The van der Waals surface area contributed by atoms with E-state index >= 15 is 0 Å². The lowest BCUT2D eigenvalue weighted by atomic mass is 9.99. The van der Waals surface area contributed by atoms with E-state index in [4.69, 9.17) is 10.5 Å². The lowest BCUT2D eigenvalue weighted by molar-refractivity contribution is -0.119. The number of rotatable bonds is 4. The molecule has 7 nitrogen and oxygen atoms in total. The maximum Gasteiger partial charge on any atom is 0.414 e. The van der Waals surface area contributed by atoms with Crippen molar-refractivity contribution in [3.8, 4) is 11.1 Å². The molecule has 3 N–H and O–H groups in total. The number of amides is 2. The number of carbonyl (C=O) groups excluding carboxylic acids is 2. The fourth-order valence-corrected chi connectivity index (χ4v) is 3.96. The van der Waals surface area contributed by atoms with Crippen molar-refractivity contribution < 1.29 is 31.9 Å². The largest absolute Gasteiger partial charge is 0.442 e. The molecule has 0 spiro atoms. The van der Waals surface area contributed by atoms with E-state index in [1.54, 1.807) is 18.3 Å². The average molecular weight is 526 g/mol. The van der Waals surface area contributed by atoms with Crippen molar-refractivity contribution in [2.45, 2.75) is 13.0 Å². The van der Waals surface area contributed by atoms with Gasteiger partial charge in [0, 0.05) is 42.0 Å². The van der Waals surface area contributed by atoms with Gasteiger partial charge in [-0.3, -0.25) is 14.7 Å². The molecule has 38 heavy (non-hydrogen) atoms. The number of fused-ring (bicyclic) bond motifs is 1. The summed E-state index contributed by atoms with van der Waals surface area (Å²) in [4.78, 5) is 28.4. The number of cyclic esters (lactones) is 1. The van der Waals surface area contributed by atoms with Crippen LogP contribution >= 0.6 is 0 Å². The smallest absolute Gasteiger partial charge is 0.414 e. The minimum absolute atomic E-state index is 0.0484. The zero-order valence-corrected chi connectivity index (χ0v) is 20.1. The van der Waals surface area contributed by atoms with E-state index in [9.17, 15) is 27.2 Å². The molecule has 0 saturated carbocycles. The Morgan fingerprint density at radius 2 is 1.71 bits per heavy atom. The van der Waals surface area contributed by atoms with Crippen LogP contribution in [0.4, 0.5) is 33.7 Å². The highest BCUT2D eigenvalue weighted by molar-refractivity contribution is 5.97. The molecule has 1 aromatic heterocycles. The van der Waals surface area contributed by atoms with Gasteiger partial charge in [-0.15, -0.1) is 0 Å². The van der Waals surface area contributed by atoms with Crippen molar-refractivity contribution in [1.82, 2.24) is 10.3 Å². The van der Waals surface area contributed by atoms with E-state index in [-0.39, 0.29) is 35.9 Å². The van der Waals surface area contributed by atoms with E-state index in [0.29, 0.717) is 10.9 Å². The summed E-state index contributed by atoms with van der Waals surface area (Å²) in [6, 6.07) is 12.3. The Hall–Kier alpha value is -4.67. The van der Waals surface area contributed by atoms with E-state index < -0.39 is 35.5 Å². The molecule has 5 rings (SSSR count). The van der Waals surface area contributed by atoms with Crippen LogP contribution in [0.5, 0.6) is 0 Å². The summed E-state index contributed by atoms with van der Waals surface area (Å²) in [5.41, 5.74) is 5.35. The molecule has 1 atom stereocenters. The number of aromatic nitrogens is 1. The molecule has 4 aromatic rings. The van der Waals surface area contributed by atoms with Crippen molar-refractivity contribution in [3.63, 3.8) is 0 Å². The number of nitrogens with one attached hydrogen (secondary N) is 1. The summed E-state index contributed by atoms with van der Waals surface area (Å²) in [5, 5.41) is 3.98. The Balaban J connectivity index is 0.000000317. The van der Waals surface area contributed by atoms with Crippen molar-refractivity contribution in [2.75, 3.05) is 23.7 Å². The maximum absolute atomic E-state index is 15.0. The lowest BCUT2D eigenvalue weighted by Gasteiger charge is -2.16. The Kier molecular flexibility index (Phi) is 7.75. The van der Waals surface area contributed by atoms with E-state index in [2.05, 4.69) is 10.3 Å². The van der Waals surface area contributed by atoms with Gasteiger partial charge in [0.15, 0.2) is 0 Å². The third-order valence-electron chi connectivity index (χ3n) is 5.61. The maximum atomic E-state index is 15.0. The van der Waals surface area contributed by atoms with Crippen molar-refractivity contribution in [1.29, 1.82) is 0 Å². The van der Waals surface area contributed by atoms with E-state index in [1.807, 2.05) is 12.1 Å². The third-order valence-corrected chi connectivity index (χ3v) is 5.61. The second-order valence-corrected chi connectivity index (χ2v) is 8.45. The second kappa shape index (κ2) is 11.2. The van der Waals surface area contributed by atoms with E-state index in [1.165, 1.54) is 13.1 Å². The summed E-state index contributed by atoms with van der Waals surface area (Å²) in [7, 11) is 0. The molecule has 1 aliphatic rings. The molecular formula is C27H22F4N4O3. The zero-order chi connectivity index (χ0) is 27.4. The number of carbonyl (C=O) groups is 2. The summed E-state index contributed by atoms with van der Waals surface area (Å²) in [6.45, 7) is 1.55. The molecule has 1 fully saturated rings. The molecule has 2 heterocycles. The number of nitrogen functional groups attached to an aromatic ring is 1. The Bertz CT molecular complexity index is 1440. The topological polar surface area (TPSA) is 97.5 Å². The van der Waals surface area contributed by atoms with Crippen LogP contribution in [0.15, 0.2) is 67.0 Å². The van der Waals surface area contributed by atoms with Gasteiger partial charge in [0.05, 0.1) is 24.3 Å². The van der Waals surface area contributed by atoms with Crippen LogP contribution in [0.3, 0.4) is 0 Å². The summed E-state index contributed by atoms with van der Waals surface area (Å²) >= 11 is 0. The monoisotopic (exact) mass is 526 g/mol. The van der Waals surface area contributed by atoms with Crippen LogP contribution < -0.4 is 16.0 Å². The van der Waals surface area contributed by atoms with Crippen molar-refractivity contribution in [2.24, 2.45) is 0 Å². The molecule has 1 saturated heterocycles. The predicted molar refractivity (Wildman–Crippen MR) is 134 cm³/mol. The molecular weight excluding hydrogens is 504 g/mol. The van der Waals surface area contributed by atoms with Crippen LogP contribution in [-0.4, -0.2) is 36.2 Å². The van der Waals surface area contributed by atoms with Gasteiger partial charge in [-0.2, -0.15) is 0 Å². The highest BCUT2D eigenvalue weighted by Crippen LogP contribution is 2.35. The summed E-state index contributed by atoms with van der Waals surface area (Å²) < 4.78 is 59.3. The number of ether oxygens (including phenoxy) is 1. The predicted octanol–water partition coefficient (Wildman–Crippen LogP) is 5.19. The first-order chi connectivity index (χ1) is 18.1. The van der Waals surface area contributed by atoms with Gasteiger partial charge >= 0.3 is 6.09 Å². The number of halogens is 4. The first-order valence-electron chi connectivity index (χ1n) is 11.4. The molecule has 0 bridgehead atoms. The fraction of sp³-hybridized carbons (Fsp3) is 0.148. The molecule has 0 aliphatic carbocycles. The van der Waals surface area contributed by atoms with Crippen LogP contribution in [0, 0.1) is 23.3 Å². The molecule has 1 aliphatic heterocycles. The lowest BCUT2D eigenvalue weighted by Crippen LogP contribution is -2.33. The quantitative estimate of drug-likeness (QED) is 0.282. The molecule has 196 valence electrons. The van der Waals surface area contributed by atoms with Gasteiger partial charge in [0.25, 0.3) is 0 Å². The summed E-state index contributed by atoms with van der Waals surface area (Å²) in [5.74, 6) is -3.17. The van der Waals surface area contributed by atoms with Crippen molar-refractivity contribution >= 4 is 34.1 Å². The highest BCUT2D eigenvalue weighted by atomic mass is 19.1. The Morgan fingerprint density at radius 3 is 2.34 bits per heavy atom. The van der Waals surface area contributed by atoms with Crippen LogP contribution in [0.25, 0.3) is 21.9 Å². The number of hydrogen-bond donors (Lipinski definition) is 2. The molecule has 1 unspecified atom stereocenters. The number of benzene rings is 3. The van der Waals surface area contributed by atoms with Gasteiger partial charge in [-0.1, -0.05) is 24.3 Å². The minimum Gasteiger partial charge on any atom is -0.442 e. The SMILES string of the molecule is CC(=O)NCC1CN(c2cc(F)c(-c3cncc4ccccc34)c(F)c2)C(=O)O1.Nc1cc(F)cc(F)c1. The average Bonchev–Trinajstić information content (AvgIpc) is 3.22. The number of pyridine rings is 1. The standard InChI is InChI=1S/C21H17F2N3O3.C6H5F2N/c1-12(27)25-9-15-11-26(21(28)29-15)14-6-18(22)20(19(23)7-14)17-10-24-8-13-4-2-3-5-16(13)17;7-4-1-5(8)3-6(9)2-4/h2-8,10,15H,9,11H2,1H3,(H,25,27);1-3H,9H2. The van der Waals surface area contributed by atoms with Gasteiger partial charge in [0.2, 0.25) is 5.91 Å². The van der Waals surface area contributed by atoms with Crippen LogP contribution in [-0.2, 0) is 9.53 Å². The molecule has 3 aromatic carbocycles. The molecule has 2 amide bonds. The zero-order valence-electron chi connectivity index (χ0n) is 20.1. The van der Waals surface area contributed by atoms with Gasteiger partial charge in [-0.05, 0) is 29.7 Å². The number of nitrogens with two attached hydrogens (primary N) is 1. The Labute approximate surface area is 214 Å². The first kappa shape index (κ1) is 26.4. The molecule has 11 heteroatoms. The molecule has 0 radical (unpaired) electrons. The van der Waals surface area contributed by atoms with Crippen LogP contribution in [0.2, 0.25) is 0 Å². The fourth-order valence-electron chi connectivity index (χ4n) is 3.96. The van der Waals surface area contributed by atoms with Gasteiger partial charge in [-0.25, -0.2) is 22.4 Å². The van der Waals surface area contributed by atoms with Gasteiger partial charge in [0.1, 0.15) is 29.4 Å². The normalized spacial score (nSPS) is 14.6. The van der Waals surface area contributed by atoms with E-state index in [0.717, 1.165) is 40.6 Å².